The molecule has 2 aromatic carbocycles. The molecule has 1 N–H and O–H groups in total. The summed E-state index contributed by atoms with van der Waals surface area (Å²) in [6.45, 7) is 8.97. The van der Waals surface area contributed by atoms with E-state index in [0.717, 1.165) is 30.0 Å². The molecule has 0 aliphatic heterocycles. The van der Waals surface area contributed by atoms with Crippen molar-refractivity contribution in [1.82, 2.24) is 9.88 Å². The standard InChI is InChI=1S/C19H23ClN2/c1-4-22(5-2)13(3)10-14-6-8-16-17-12-15(20)7-9-18(17)21-19(16)11-14/h6-9,11-13,21H,4-5,10H2,1-3H3. The molecule has 2 nitrogen and oxygen atoms in total. The molecule has 0 aliphatic rings. The molecule has 0 amide bonds. The molecule has 3 aromatic rings. The SMILES string of the molecule is CCN(CC)C(C)Cc1ccc2c(c1)[nH]c1ccc(Cl)cc12. The average Bonchev–Trinajstić information content (AvgIpc) is 2.85. The second kappa shape index (κ2) is 6.31. The van der Waals surface area contributed by atoms with Crippen molar-refractivity contribution in [2.75, 3.05) is 13.1 Å². The van der Waals surface area contributed by atoms with Gasteiger partial charge in [0.05, 0.1) is 0 Å². The molecule has 1 atom stereocenters. The van der Waals surface area contributed by atoms with E-state index in [0.29, 0.717) is 6.04 Å². The monoisotopic (exact) mass is 314 g/mol. The second-order valence-corrected chi connectivity index (χ2v) is 6.41. The van der Waals surface area contributed by atoms with E-state index in [1.54, 1.807) is 0 Å². The highest BCUT2D eigenvalue weighted by molar-refractivity contribution is 6.31. The summed E-state index contributed by atoms with van der Waals surface area (Å²) in [5.41, 5.74) is 3.72. The number of hydrogen-bond donors (Lipinski definition) is 1. The minimum absolute atomic E-state index is 0.561. The van der Waals surface area contributed by atoms with Crippen molar-refractivity contribution in [3.05, 3.63) is 47.0 Å². The largest absolute Gasteiger partial charge is 0.355 e. The Labute approximate surface area is 137 Å². The van der Waals surface area contributed by atoms with Gasteiger partial charge in [0.25, 0.3) is 0 Å². The fraction of sp³-hybridized carbons (Fsp3) is 0.368. The maximum absolute atomic E-state index is 6.12. The molecule has 22 heavy (non-hydrogen) atoms. The Hall–Kier alpha value is -1.51. The van der Waals surface area contributed by atoms with Gasteiger partial charge in [0.15, 0.2) is 0 Å². The van der Waals surface area contributed by atoms with Gasteiger partial charge in [-0.15, -0.1) is 0 Å². The summed E-state index contributed by atoms with van der Waals surface area (Å²) >= 11 is 6.12. The van der Waals surface area contributed by atoms with Crippen LogP contribution in [0.2, 0.25) is 5.02 Å². The Morgan fingerprint density at radius 1 is 1.00 bits per heavy atom. The van der Waals surface area contributed by atoms with Crippen molar-refractivity contribution >= 4 is 33.4 Å². The second-order valence-electron chi connectivity index (χ2n) is 5.97. The van der Waals surface area contributed by atoms with Gasteiger partial charge in [0.1, 0.15) is 0 Å². The van der Waals surface area contributed by atoms with Crippen LogP contribution in [0.15, 0.2) is 36.4 Å². The number of rotatable bonds is 5. The normalized spacial score (nSPS) is 13.3. The van der Waals surface area contributed by atoms with Crippen molar-refractivity contribution in [1.29, 1.82) is 0 Å². The highest BCUT2D eigenvalue weighted by atomic mass is 35.5. The van der Waals surface area contributed by atoms with Crippen LogP contribution in [0.3, 0.4) is 0 Å². The summed E-state index contributed by atoms with van der Waals surface area (Å²) < 4.78 is 0. The molecule has 0 saturated heterocycles. The van der Waals surface area contributed by atoms with Crippen LogP contribution >= 0.6 is 11.6 Å². The Balaban J connectivity index is 1.95. The lowest BCUT2D eigenvalue weighted by molar-refractivity contribution is 0.230. The number of aromatic nitrogens is 1. The minimum atomic E-state index is 0.561. The van der Waals surface area contributed by atoms with E-state index >= 15 is 0 Å². The van der Waals surface area contributed by atoms with Gasteiger partial charge in [-0.2, -0.15) is 0 Å². The maximum atomic E-state index is 6.12. The minimum Gasteiger partial charge on any atom is -0.355 e. The number of nitrogens with one attached hydrogen (secondary N) is 1. The van der Waals surface area contributed by atoms with Gasteiger partial charge in [-0.25, -0.2) is 0 Å². The van der Waals surface area contributed by atoms with Gasteiger partial charge < -0.3 is 9.88 Å². The number of benzene rings is 2. The molecule has 0 bridgehead atoms. The number of hydrogen-bond acceptors (Lipinski definition) is 1. The van der Waals surface area contributed by atoms with Gasteiger partial charge in [-0.3, -0.25) is 0 Å². The summed E-state index contributed by atoms with van der Waals surface area (Å²) in [4.78, 5) is 6.00. The van der Waals surface area contributed by atoms with Crippen molar-refractivity contribution < 1.29 is 0 Å². The van der Waals surface area contributed by atoms with Crippen molar-refractivity contribution in [2.45, 2.75) is 33.2 Å². The number of fused-ring (bicyclic) bond motifs is 3. The lowest BCUT2D eigenvalue weighted by Gasteiger charge is -2.26. The van der Waals surface area contributed by atoms with Crippen LogP contribution in [0.1, 0.15) is 26.3 Å². The van der Waals surface area contributed by atoms with Crippen LogP contribution in [-0.2, 0) is 6.42 Å². The number of halogens is 1. The number of likely N-dealkylation sites (N-methyl/N-ethyl adjacent to an activating group) is 1. The van der Waals surface area contributed by atoms with E-state index in [1.165, 1.54) is 21.9 Å². The van der Waals surface area contributed by atoms with Crippen LogP contribution in [0.25, 0.3) is 21.8 Å². The third kappa shape index (κ3) is 2.86. The number of aromatic amines is 1. The Morgan fingerprint density at radius 2 is 1.77 bits per heavy atom. The smallest absolute Gasteiger partial charge is 0.0467 e. The molecule has 0 aliphatic carbocycles. The maximum Gasteiger partial charge on any atom is 0.0467 e. The highest BCUT2D eigenvalue weighted by Crippen LogP contribution is 2.28. The Morgan fingerprint density at radius 3 is 2.50 bits per heavy atom. The summed E-state index contributed by atoms with van der Waals surface area (Å²) in [5, 5.41) is 3.23. The summed E-state index contributed by atoms with van der Waals surface area (Å²) in [6.07, 6.45) is 1.08. The van der Waals surface area contributed by atoms with E-state index in [-0.39, 0.29) is 0 Å². The average molecular weight is 315 g/mol. The molecule has 3 rings (SSSR count). The van der Waals surface area contributed by atoms with E-state index in [1.807, 2.05) is 12.1 Å². The van der Waals surface area contributed by atoms with Crippen LogP contribution in [0.4, 0.5) is 0 Å². The fourth-order valence-electron chi connectivity index (χ4n) is 3.37. The first-order valence-corrected chi connectivity index (χ1v) is 8.44. The molecule has 0 radical (unpaired) electrons. The fourth-order valence-corrected chi connectivity index (χ4v) is 3.54. The zero-order valence-corrected chi connectivity index (χ0v) is 14.2. The molecule has 1 unspecified atom stereocenters. The quantitative estimate of drug-likeness (QED) is 0.681. The third-order valence-corrected chi connectivity index (χ3v) is 4.83. The van der Waals surface area contributed by atoms with E-state index < -0.39 is 0 Å². The first-order chi connectivity index (χ1) is 10.6. The molecule has 3 heteroatoms. The third-order valence-electron chi connectivity index (χ3n) is 4.59. The zero-order chi connectivity index (χ0) is 15.7. The van der Waals surface area contributed by atoms with Crippen LogP contribution in [-0.4, -0.2) is 29.0 Å². The zero-order valence-electron chi connectivity index (χ0n) is 13.5. The molecular weight excluding hydrogens is 292 g/mol. The summed E-state index contributed by atoms with van der Waals surface area (Å²) in [5.74, 6) is 0. The van der Waals surface area contributed by atoms with E-state index in [2.05, 4.69) is 54.9 Å². The first kappa shape index (κ1) is 15.4. The number of H-pyrrole nitrogens is 1. The molecule has 0 fully saturated rings. The Bertz CT molecular complexity index is 787. The predicted molar refractivity (Wildman–Crippen MR) is 96.9 cm³/mol. The lowest BCUT2D eigenvalue weighted by Crippen LogP contribution is -2.34. The van der Waals surface area contributed by atoms with Crippen LogP contribution in [0.5, 0.6) is 0 Å². The molecular formula is C19H23ClN2. The highest BCUT2D eigenvalue weighted by Gasteiger charge is 2.12. The van der Waals surface area contributed by atoms with Crippen molar-refractivity contribution in [3.8, 4) is 0 Å². The van der Waals surface area contributed by atoms with E-state index in [4.69, 9.17) is 11.6 Å². The number of nitrogens with zero attached hydrogens (tertiary/aromatic N) is 1. The topological polar surface area (TPSA) is 19.0 Å². The Kier molecular flexibility index (Phi) is 4.42. The van der Waals surface area contributed by atoms with Crippen molar-refractivity contribution in [2.24, 2.45) is 0 Å². The van der Waals surface area contributed by atoms with Gasteiger partial charge >= 0.3 is 0 Å². The van der Waals surface area contributed by atoms with Gasteiger partial charge in [-0.1, -0.05) is 37.6 Å². The van der Waals surface area contributed by atoms with E-state index in [9.17, 15) is 0 Å². The molecule has 0 spiro atoms. The first-order valence-electron chi connectivity index (χ1n) is 8.06. The molecule has 116 valence electrons. The van der Waals surface area contributed by atoms with Crippen molar-refractivity contribution in [3.63, 3.8) is 0 Å². The molecule has 1 heterocycles. The summed E-state index contributed by atoms with van der Waals surface area (Å²) in [6, 6.07) is 13.3. The molecule has 1 aromatic heterocycles. The lowest BCUT2D eigenvalue weighted by atomic mass is 10.0. The molecule has 0 saturated carbocycles. The van der Waals surface area contributed by atoms with Crippen LogP contribution < -0.4 is 0 Å². The summed E-state index contributed by atoms with van der Waals surface area (Å²) in [7, 11) is 0. The van der Waals surface area contributed by atoms with Gasteiger partial charge in [0, 0.05) is 32.9 Å². The van der Waals surface area contributed by atoms with Crippen LogP contribution in [0, 0.1) is 0 Å². The predicted octanol–water partition coefficient (Wildman–Crippen LogP) is 5.25. The van der Waals surface area contributed by atoms with Gasteiger partial charge in [0.2, 0.25) is 0 Å². The van der Waals surface area contributed by atoms with Gasteiger partial charge in [-0.05, 0) is 56.3 Å².